The van der Waals surface area contributed by atoms with Crippen LogP contribution in [0.1, 0.15) is 85.8 Å². The fourth-order valence-corrected chi connectivity index (χ4v) is 4.46. The van der Waals surface area contributed by atoms with Crippen molar-refractivity contribution in [1.82, 2.24) is 0 Å². The summed E-state index contributed by atoms with van der Waals surface area (Å²) in [6.45, 7) is 4.49. The van der Waals surface area contributed by atoms with Gasteiger partial charge in [0.2, 0.25) is 0 Å². The molecule has 0 aliphatic rings. The quantitative estimate of drug-likeness (QED) is 0.179. The molecule has 0 heterocycles. The van der Waals surface area contributed by atoms with Crippen LogP contribution in [0, 0.1) is 23.7 Å². The summed E-state index contributed by atoms with van der Waals surface area (Å²) >= 11 is 0. The van der Waals surface area contributed by atoms with E-state index < -0.39 is 0 Å². The summed E-state index contributed by atoms with van der Waals surface area (Å²) < 4.78 is 0. The molecule has 180 valence electrons. The Labute approximate surface area is 217 Å². The van der Waals surface area contributed by atoms with Crippen LogP contribution >= 0.6 is 0 Å². The monoisotopic (exact) mass is 468 g/mol. The van der Waals surface area contributed by atoms with Crippen molar-refractivity contribution in [3.05, 3.63) is 118 Å². The molecule has 36 heavy (non-hydrogen) atoms. The maximum atomic E-state index is 3.41. The molecule has 0 saturated carbocycles. The summed E-state index contributed by atoms with van der Waals surface area (Å²) in [4.78, 5) is 0. The molecule has 4 aromatic carbocycles. The maximum absolute atomic E-state index is 3.41. The van der Waals surface area contributed by atoms with Crippen molar-refractivity contribution < 1.29 is 0 Å². The molecule has 0 heteroatoms. The van der Waals surface area contributed by atoms with Gasteiger partial charge in [-0.3, -0.25) is 0 Å². The van der Waals surface area contributed by atoms with Crippen molar-refractivity contribution >= 4 is 10.8 Å². The van der Waals surface area contributed by atoms with E-state index in [1.807, 2.05) is 0 Å². The van der Waals surface area contributed by atoms with Crippen LogP contribution in [0.15, 0.2) is 84.9 Å². The van der Waals surface area contributed by atoms with Crippen molar-refractivity contribution in [2.45, 2.75) is 65.2 Å². The third-order valence-electron chi connectivity index (χ3n) is 6.65. The summed E-state index contributed by atoms with van der Waals surface area (Å²) in [5.41, 5.74) is 6.99. The van der Waals surface area contributed by atoms with Gasteiger partial charge in [0.15, 0.2) is 0 Å². The molecule has 0 spiro atoms. The smallest absolute Gasteiger partial charge is 0.0328 e. The standard InChI is InChI=1S/C36H36/c1-3-5-7-11-29-15-19-31(20-16-29)23-25-33-27-28-34(36-14-10-9-13-35(33)36)26-24-32-21-17-30(18-22-32)12-8-6-4-2/h9-10,13-22,27-28H,3-8,11-12H2,1-2H3. The molecule has 0 fully saturated rings. The van der Waals surface area contributed by atoms with Crippen LogP contribution in [-0.4, -0.2) is 0 Å². The third kappa shape index (κ3) is 7.13. The number of unbranched alkanes of at least 4 members (excludes halogenated alkanes) is 4. The molecular formula is C36H36. The highest BCUT2D eigenvalue weighted by Gasteiger charge is 2.03. The van der Waals surface area contributed by atoms with Gasteiger partial charge in [-0.2, -0.15) is 0 Å². The van der Waals surface area contributed by atoms with Gasteiger partial charge in [-0.05, 0) is 84.0 Å². The van der Waals surface area contributed by atoms with E-state index in [4.69, 9.17) is 0 Å². The third-order valence-corrected chi connectivity index (χ3v) is 6.65. The lowest BCUT2D eigenvalue weighted by molar-refractivity contribution is 0.717. The van der Waals surface area contributed by atoms with Crippen LogP contribution in [0.4, 0.5) is 0 Å². The molecule has 0 aromatic heterocycles. The van der Waals surface area contributed by atoms with E-state index in [2.05, 4.69) is 122 Å². The topological polar surface area (TPSA) is 0 Å². The van der Waals surface area contributed by atoms with E-state index in [-0.39, 0.29) is 0 Å². The Bertz CT molecular complexity index is 1270. The van der Waals surface area contributed by atoms with Crippen LogP contribution < -0.4 is 0 Å². The summed E-state index contributed by atoms with van der Waals surface area (Å²) in [5.74, 6) is 13.5. The Morgan fingerprint density at radius 3 is 1.25 bits per heavy atom. The minimum atomic E-state index is 1.04. The zero-order chi connectivity index (χ0) is 25.0. The average Bonchev–Trinajstić information content (AvgIpc) is 2.93. The Kier molecular flexibility index (Phi) is 9.42. The van der Waals surface area contributed by atoms with E-state index in [1.54, 1.807) is 0 Å². The van der Waals surface area contributed by atoms with E-state index in [9.17, 15) is 0 Å². The molecule has 0 unspecified atom stereocenters. The molecule has 0 aliphatic carbocycles. The van der Waals surface area contributed by atoms with Crippen LogP contribution in [0.5, 0.6) is 0 Å². The lowest BCUT2D eigenvalue weighted by Crippen LogP contribution is -1.87. The van der Waals surface area contributed by atoms with Crippen LogP contribution in [0.3, 0.4) is 0 Å². The Hall–Kier alpha value is -3.74. The van der Waals surface area contributed by atoms with Crippen LogP contribution in [0.2, 0.25) is 0 Å². The van der Waals surface area contributed by atoms with Gasteiger partial charge in [0, 0.05) is 22.3 Å². The van der Waals surface area contributed by atoms with E-state index in [0.29, 0.717) is 0 Å². The van der Waals surface area contributed by atoms with Gasteiger partial charge in [-0.15, -0.1) is 0 Å². The summed E-state index contributed by atoms with van der Waals surface area (Å²) in [6, 6.07) is 30.1. The molecule has 0 nitrogen and oxygen atoms in total. The van der Waals surface area contributed by atoms with Gasteiger partial charge in [-0.25, -0.2) is 0 Å². The number of fused-ring (bicyclic) bond motifs is 1. The summed E-state index contributed by atoms with van der Waals surface area (Å²) in [5, 5.41) is 2.30. The first-order valence-corrected chi connectivity index (χ1v) is 13.5. The SMILES string of the molecule is CCCCCc1ccc(C#Cc2ccc(C#Cc3ccc(CCCCC)cc3)c3ccccc23)cc1. The highest BCUT2D eigenvalue weighted by molar-refractivity contribution is 5.93. The molecule has 4 aromatic rings. The molecule has 0 amide bonds. The van der Waals surface area contributed by atoms with Crippen molar-refractivity contribution in [2.75, 3.05) is 0 Å². The fourth-order valence-electron chi connectivity index (χ4n) is 4.46. The molecule has 0 saturated heterocycles. The predicted octanol–water partition coefficient (Wildman–Crippen LogP) is 9.10. The van der Waals surface area contributed by atoms with Gasteiger partial charge >= 0.3 is 0 Å². The second-order valence-electron chi connectivity index (χ2n) is 9.51. The molecule has 0 N–H and O–H groups in total. The summed E-state index contributed by atoms with van der Waals surface area (Å²) in [6.07, 6.45) is 9.92. The first kappa shape index (κ1) is 25.4. The summed E-state index contributed by atoms with van der Waals surface area (Å²) in [7, 11) is 0. The second-order valence-corrected chi connectivity index (χ2v) is 9.51. The molecule has 0 aliphatic heterocycles. The van der Waals surface area contributed by atoms with Crippen LogP contribution in [0.25, 0.3) is 10.8 Å². The van der Waals surface area contributed by atoms with Gasteiger partial charge in [0.05, 0.1) is 0 Å². The lowest BCUT2D eigenvalue weighted by atomic mass is 9.99. The van der Waals surface area contributed by atoms with Gasteiger partial charge in [0.1, 0.15) is 0 Å². The van der Waals surface area contributed by atoms with Crippen LogP contribution in [-0.2, 0) is 12.8 Å². The number of rotatable bonds is 8. The Balaban J connectivity index is 1.51. The lowest BCUT2D eigenvalue weighted by Gasteiger charge is -2.04. The molecule has 0 bridgehead atoms. The minimum absolute atomic E-state index is 1.04. The first-order valence-electron chi connectivity index (χ1n) is 13.5. The average molecular weight is 469 g/mol. The van der Waals surface area contributed by atoms with Crippen molar-refractivity contribution in [3.63, 3.8) is 0 Å². The maximum Gasteiger partial charge on any atom is 0.0328 e. The Morgan fingerprint density at radius 1 is 0.444 bits per heavy atom. The fraction of sp³-hybridized carbons (Fsp3) is 0.278. The molecular weight excluding hydrogens is 432 g/mol. The number of aryl methyl sites for hydroxylation is 2. The Morgan fingerprint density at radius 2 is 0.861 bits per heavy atom. The van der Waals surface area contributed by atoms with E-state index >= 15 is 0 Å². The molecule has 0 atom stereocenters. The van der Waals surface area contributed by atoms with Crippen molar-refractivity contribution in [3.8, 4) is 23.7 Å². The van der Waals surface area contributed by atoms with Crippen molar-refractivity contribution in [1.29, 1.82) is 0 Å². The van der Waals surface area contributed by atoms with E-state index in [1.165, 1.54) is 49.7 Å². The number of benzene rings is 4. The van der Waals surface area contributed by atoms with Crippen molar-refractivity contribution in [2.24, 2.45) is 0 Å². The predicted molar refractivity (Wildman–Crippen MR) is 155 cm³/mol. The molecule has 0 radical (unpaired) electrons. The van der Waals surface area contributed by atoms with Gasteiger partial charge < -0.3 is 0 Å². The zero-order valence-electron chi connectivity index (χ0n) is 21.7. The highest BCUT2D eigenvalue weighted by Crippen LogP contribution is 2.22. The highest BCUT2D eigenvalue weighted by atomic mass is 14.1. The molecule has 4 rings (SSSR count). The van der Waals surface area contributed by atoms with Gasteiger partial charge in [-0.1, -0.05) is 112 Å². The first-order chi connectivity index (χ1) is 17.8. The second kappa shape index (κ2) is 13.4. The van der Waals surface area contributed by atoms with Gasteiger partial charge in [0.25, 0.3) is 0 Å². The normalized spacial score (nSPS) is 10.4. The minimum Gasteiger partial charge on any atom is -0.0654 e. The number of hydrogen-bond acceptors (Lipinski definition) is 0. The largest absolute Gasteiger partial charge is 0.0654 e. The number of hydrogen-bond donors (Lipinski definition) is 0. The van der Waals surface area contributed by atoms with E-state index in [0.717, 1.165) is 45.9 Å². The zero-order valence-corrected chi connectivity index (χ0v) is 21.7.